The molecule has 2 saturated heterocycles. The zero-order valence-corrected chi connectivity index (χ0v) is 18.3. The molecule has 0 aliphatic carbocycles. The first-order valence-corrected chi connectivity index (χ1v) is 10.9. The molecule has 0 spiro atoms. The van der Waals surface area contributed by atoms with Crippen LogP contribution in [0.15, 0.2) is 30.5 Å². The molecule has 2 aliphatic rings. The normalized spacial score (nSPS) is 21.4. The van der Waals surface area contributed by atoms with Gasteiger partial charge >= 0.3 is 0 Å². The van der Waals surface area contributed by atoms with Crippen LogP contribution in [0, 0.1) is 25.6 Å². The third kappa shape index (κ3) is 4.13. The maximum absolute atomic E-state index is 14.9. The summed E-state index contributed by atoms with van der Waals surface area (Å²) in [6.07, 6.45) is 2.65. The second-order valence-corrected chi connectivity index (χ2v) is 8.56. The smallest absolute Gasteiger partial charge is 0.254 e. The quantitative estimate of drug-likeness (QED) is 0.819. The number of nitrogens with zero attached hydrogens (tertiary/aromatic N) is 3. The van der Waals surface area contributed by atoms with Crippen LogP contribution in [0.3, 0.4) is 0 Å². The zero-order chi connectivity index (χ0) is 22.1. The Kier molecular flexibility index (Phi) is 5.94. The molecule has 0 radical (unpaired) electrons. The number of anilines is 1. The van der Waals surface area contributed by atoms with Crippen molar-refractivity contribution in [2.45, 2.75) is 33.1 Å². The van der Waals surface area contributed by atoms with Crippen molar-refractivity contribution in [2.75, 3.05) is 37.6 Å². The first-order chi connectivity index (χ1) is 14.9. The summed E-state index contributed by atoms with van der Waals surface area (Å²) in [5, 5.41) is 2.82. The molecule has 1 aromatic carbocycles. The number of amides is 2. The van der Waals surface area contributed by atoms with E-state index >= 15 is 0 Å². The summed E-state index contributed by atoms with van der Waals surface area (Å²) in [7, 11) is 0. The molecule has 164 valence electrons. The SMILES string of the molecule is CCC1CNC(=O)[C@H]1c1ccc(C(=O)N2CCN(c3ncc(C)cc3C)CC2)cc1F. The van der Waals surface area contributed by atoms with Crippen LogP contribution in [-0.2, 0) is 4.79 Å². The first kappa shape index (κ1) is 21.3. The molecule has 1 unspecified atom stereocenters. The van der Waals surface area contributed by atoms with Crippen LogP contribution in [0.4, 0.5) is 10.2 Å². The molecule has 0 saturated carbocycles. The molecular formula is C24H29FN4O2. The van der Waals surface area contributed by atoms with E-state index in [1.54, 1.807) is 17.0 Å². The third-order valence-electron chi connectivity index (χ3n) is 6.45. The fraction of sp³-hybridized carbons (Fsp3) is 0.458. The molecule has 2 aromatic rings. The molecule has 4 rings (SSSR count). The van der Waals surface area contributed by atoms with E-state index in [0.29, 0.717) is 43.9 Å². The van der Waals surface area contributed by atoms with Crippen molar-refractivity contribution in [2.24, 2.45) is 5.92 Å². The highest BCUT2D eigenvalue weighted by Gasteiger charge is 2.36. The number of aryl methyl sites for hydroxylation is 2. The van der Waals surface area contributed by atoms with Gasteiger partial charge in [-0.05, 0) is 43.0 Å². The standard InChI is InChI=1S/C24H29FN4O2/c1-4-17-14-27-23(30)21(17)19-6-5-18(12-20(19)25)24(31)29-9-7-28(8-10-29)22-16(3)11-15(2)13-26-22/h5-6,11-13,17,21H,4,7-10,14H2,1-3H3,(H,27,30)/t17?,21-/m1/s1. The molecule has 6 nitrogen and oxygen atoms in total. The number of piperazine rings is 1. The maximum Gasteiger partial charge on any atom is 0.254 e. The summed E-state index contributed by atoms with van der Waals surface area (Å²) in [6, 6.07) is 6.65. The van der Waals surface area contributed by atoms with Crippen molar-refractivity contribution in [3.05, 3.63) is 58.5 Å². The van der Waals surface area contributed by atoms with E-state index in [-0.39, 0.29) is 17.7 Å². The van der Waals surface area contributed by atoms with Crippen LogP contribution in [0.2, 0.25) is 0 Å². The van der Waals surface area contributed by atoms with Gasteiger partial charge in [0.15, 0.2) is 0 Å². The second kappa shape index (κ2) is 8.65. The van der Waals surface area contributed by atoms with E-state index in [4.69, 9.17) is 0 Å². The molecular weight excluding hydrogens is 395 g/mol. The minimum absolute atomic E-state index is 0.0791. The largest absolute Gasteiger partial charge is 0.355 e. The predicted molar refractivity (Wildman–Crippen MR) is 118 cm³/mol. The minimum atomic E-state index is -0.483. The second-order valence-electron chi connectivity index (χ2n) is 8.56. The van der Waals surface area contributed by atoms with Crippen molar-refractivity contribution in [1.82, 2.24) is 15.2 Å². The van der Waals surface area contributed by atoms with E-state index in [2.05, 4.69) is 21.3 Å². The molecule has 2 fully saturated rings. The van der Waals surface area contributed by atoms with Gasteiger partial charge in [-0.25, -0.2) is 9.37 Å². The van der Waals surface area contributed by atoms with Gasteiger partial charge in [0.2, 0.25) is 5.91 Å². The number of nitrogens with one attached hydrogen (secondary N) is 1. The van der Waals surface area contributed by atoms with E-state index in [9.17, 15) is 14.0 Å². The zero-order valence-electron chi connectivity index (χ0n) is 18.3. The van der Waals surface area contributed by atoms with Gasteiger partial charge in [0, 0.05) is 50.0 Å². The van der Waals surface area contributed by atoms with E-state index in [1.807, 2.05) is 27.0 Å². The van der Waals surface area contributed by atoms with Crippen molar-refractivity contribution in [3.8, 4) is 0 Å². The van der Waals surface area contributed by atoms with Crippen LogP contribution in [0.1, 0.15) is 46.3 Å². The summed E-state index contributed by atoms with van der Waals surface area (Å²) in [5.74, 6) is -0.251. The molecule has 1 N–H and O–H groups in total. The Balaban J connectivity index is 1.44. The van der Waals surface area contributed by atoms with Gasteiger partial charge < -0.3 is 15.1 Å². The van der Waals surface area contributed by atoms with Crippen LogP contribution in [-0.4, -0.2) is 54.4 Å². The summed E-state index contributed by atoms with van der Waals surface area (Å²) in [5.41, 5.74) is 2.95. The molecule has 0 bridgehead atoms. The van der Waals surface area contributed by atoms with Crippen molar-refractivity contribution >= 4 is 17.6 Å². The summed E-state index contributed by atoms with van der Waals surface area (Å²) in [4.78, 5) is 33.6. The summed E-state index contributed by atoms with van der Waals surface area (Å²) >= 11 is 0. The van der Waals surface area contributed by atoms with Crippen LogP contribution in [0.25, 0.3) is 0 Å². The van der Waals surface area contributed by atoms with Gasteiger partial charge in [-0.1, -0.05) is 25.5 Å². The van der Waals surface area contributed by atoms with Gasteiger partial charge in [-0.15, -0.1) is 0 Å². The highest BCUT2D eigenvalue weighted by atomic mass is 19.1. The lowest BCUT2D eigenvalue weighted by atomic mass is 9.86. The Hall–Kier alpha value is -2.96. The number of benzene rings is 1. The Labute approximate surface area is 182 Å². The Morgan fingerprint density at radius 3 is 2.58 bits per heavy atom. The number of carbonyl (C=O) groups is 2. The molecule has 2 atom stereocenters. The molecule has 31 heavy (non-hydrogen) atoms. The van der Waals surface area contributed by atoms with Crippen LogP contribution >= 0.6 is 0 Å². The number of pyridine rings is 1. The average molecular weight is 425 g/mol. The van der Waals surface area contributed by atoms with Gasteiger partial charge in [0.1, 0.15) is 11.6 Å². The maximum atomic E-state index is 14.9. The lowest BCUT2D eigenvalue weighted by Gasteiger charge is -2.36. The number of carbonyl (C=O) groups excluding carboxylic acids is 2. The molecule has 1 aromatic heterocycles. The van der Waals surface area contributed by atoms with Gasteiger partial charge in [0.05, 0.1) is 5.92 Å². The lowest BCUT2D eigenvalue weighted by molar-refractivity contribution is -0.120. The van der Waals surface area contributed by atoms with Gasteiger partial charge in [-0.3, -0.25) is 9.59 Å². The Morgan fingerprint density at radius 2 is 1.94 bits per heavy atom. The third-order valence-corrected chi connectivity index (χ3v) is 6.45. The number of halogens is 1. The Bertz CT molecular complexity index is 1000. The highest BCUT2D eigenvalue weighted by molar-refractivity contribution is 5.95. The number of hydrogen-bond donors (Lipinski definition) is 1. The van der Waals surface area contributed by atoms with Crippen molar-refractivity contribution < 1.29 is 14.0 Å². The Morgan fingerprint density at radius 1 is 1.19 bits per heavy atom. The number of aromatic nitrogens is 1. The van der Waals surface area contributed by atoms with Gasteiger partial charge in [0.25, 0.3) is 5.91 Å². The van der Waals surface area contributed by atoms with E-state index in [0.717, 1.165) is 23.4 Å². The fourth-order valence-electron chi connectivity index (χ4n) is 4.70. The fourth-order valence-corrected chi connectivity index (χ4v) is 4.70. The van der Waals surface area contributed by atoms with Crippen molar-refractivity contribution in [3.63, 3.8) is 0 Å². The highest BCUT2D eigenvalue weighted by Crippen LogP contribution is 2.33. The average Bonchev–Trinajstić information content (AvgIpc) is 3.13. The molecule has 7 heteroatoms. The number of rotatable bonds is 4. The van der Waals surface area contributed by atoms with Crippen LogP contribution in [0.5, 0.6) is 0 Å². The number of hydrogen-bond acceptors (Lipinski definition) is 4. The van der Waals surface area contributed by atoms with E-state index in [1.165, 1.54) is 6.07 Å². The first-order valence-electron chi connectivity index (χ1n) is 10.9. The molecule has 2 amide bonds. The molecule has 2 aliphatic heterocycles. The summed E-state index contributed by atoms with van der Waals surface area (Å²) < 4.78 is 14.9. The molecule has 3 heterocycles. The van der Waals surface area contributed by atoms with Crippen molar-refractivity contribution in [1.29, 1.82) is 0 Å². The topological polar surface area (TPSA) is 65.5 Å². The minimum Gasteiger partial charge on any atom is -0.355 e. The summed E-state index contributed by atoms with van der Waals surface area (Å²) in [6.45, 7) is 9.12. The van der Waals surface area contributed by atoms with E-state index < -0.39 is 11.7 Å². The monoisotopic (exact) mass is 424 g/mol. The van der Waals surface area contributed by atoms with Crippen LogP contribution < -0.4 is 10.2 Å². The predicted octanol–water partition coefficient (Wildman–Crippen LogP) is 3.04. The van der Waals surface area contributed by atoms with Gasteiger partial charge in [-0.2, -0.15) is 0 Å². The lowest BCUT2D eigenvalue weighted by Crippen LogP contribution is -2.49.